The fraction of sp³-hybridized carbons (Fsp3) is 0.550. The van der Waals surface area contributed by atoms with Gasteiger partial charge in [-0.1, -0.05) is 15.9 Å². The number of nitrogens with zero attached hydrogens (tertiary/aromatic N) is 3. The van der Waals surface area contributed by atoms with Gasteiger partial charge < -0.3 is 5.32 Å². The normalized spacial score (nSPS) is 34.0. The first-order valence-electron chi connectivity index (χ1n) is 9.53. The third-order valence-corrected chi connectivity index (χ3v) is 7.56. The highest BCUT2D eigenvalue weighted by atomic mass is 79.9. The van der Waals surface area contributed by atoms with Crippen LogP contribution in [-0.4, -0.2) is 20.7 Å². The zero-order valence-electron chi connectivity index (χ0n) is 15.2. The van der Waals surface area contributed by atoms with Crippen LogP contribution in [0.1, 0.15) is 44.1 Å². The molecule has 142 valence electrons. The smallest absolute Gasteiger partial charge is 0.242 e. The Kier molecular flexibility index (Phi) is 3.96. The van der Waals surface area contributed by atoms with Crippen molar-refractivity contribution in [2.45, 2.75) is 51.0 Å². The minimum Gasteiger partial charge on any atom is -0.325 e. The van der Waals surface area contributed by atoms with E-state index in [1.807, 2.05) is 29.8 Å². The quantitative estimate of drug-likeness (QED) is 0.722. The lowest BCUT2D eigenvalue weighted by Gasteiger charge is -2.60. The SMILES string of the molecule is Cc1cc(Br)ccc1NC(=O)C12CC3CC(C1)CC(n1cnc(Cl)n1)(C3)C2. The molecule has 2 aromatic rings. The first kappa shape index (κ1) is 17.7. The van der Waals surface area contributed by atoms with Gasteiger partial charge in [0.1, 0.15) is 6.33 Å². The van der Waals surface area contributed by atoms with Gasteiger partial charge in [-0.05, 0) is 92.6 Å². The zero-order chi connectivity index (χ0) is 18.8. The van der Waals surface area contributed by atoms with Gasteiger partial charge in [0.2, 0.25) is 11.2 Å². The van der Waals surface area contributed by atoms with E-state index in [0.717, 1.165) is 47.8 Å². The highest BCUT2D eigenvalue weighted by Crippen LogP contribution is 2.64. The van der Waals surface area contributed by atoms with Crippen LogP contribution >= 0.6 is 27.5 Å². The molecular formula is C20H22BrClN4O. The highest BCUT2D eigenvalue weighted by Gasteiger charge is 2.61. The van der Waals surface area contributed by atoms with Crippen molar-refractivity contribution in [1.29, 1.82) is 0 Å². The van der Waals surface area contributed by atoms with Gasteiger partial charge in [-0.3, -0.25) is 4.79 Å². The molecule has 4 aliphatic carbocycles. The van der Waals surface area contributed by atoms with E-state index in [4.69, 9.17) is 11.6 Å². The molecule has 0 spiro atoms. The Balaban J connectivity index is 1.47. The predicted octanol–water partition coefficient (Wildman–Crippen LogP) is 4.94. The van der Waals surface area contributed by atoms with E-state index in [-0.39, 0.29) is 22.1 Å². The summed E-state index contributed by atoms with van der Waals surface area (Å²) in [5.41, 5.74) is 1.54. The summed E-state index contributed by atoms with van der Waals surface area (Å²) in [6.07, 6.45) is 7.93. The van der Waals surface area contributed by atoms with Gasteiger partial charge in [0.25, 0.3) is 0 Å². The molecule has 0 aliphatic heterocycles. The van der Waals surface area contributed by atoms with Crippen molar-refractivity contribution in [1.82, 2.24) is 14.8 Å². The van der Waals surface area contributed by atoms with E-state index >= 15 is 0 Å². The monoisotopic (exact) mass is 448 g/mol. The molecule has 5 nitrogen and oxygen atoms in total. The number of benzene rings is 1. The summed E-state index contributed by atoms with van der Waals surface area (Å²) in [7, 11) is 0. The summed E-state index contributed by atoms with van der Waals surface area (Å²) in [6.45, 7) is 2.03. The number of aromatic nitrogens is 3. The molecule has 4 fully saturated rings. The highest BCUT2D eigenvalue weighted by molar-refractivity contribution is 9.10. The lowest BCUT2D eigenvalue weighted by atomic mass is 9.46. The van der Waals surface area contributed by atoms with Gasteiger partial charge in [0.15, 0.2) is 0 Å². The summed E-state index contributed by atoms with van der Waals surface area (Å²) < 4.78 is 2.98. The number of halogens is 2. The Morgan fingerprint density at radius 1 is 1.30 bits per heavy atom. The van der Waals surface area contributed by atoms with Crippen LogP contribution in [-0.2, 0) is 10.3 Å². The van der Waals surface area contributed by atoms with Crippen LogP contribution in [0.25, 0.3) is 0 Å². The van der Waals surface area contributed by atoms with Crippen LogP contribution in [0, 0.1) is 24.2 Å². The molecule has 1 N–H and O–H groups in total. The second kappa shape index (κ2) is 6.05. The molecule has 2 unspecified atom stereocenters. The van der Waals surface area contributed by atoms with Gasteiger partial charge in [0, 0.05) is 10.2 Å². The average Bonchev–Trinajstić information content (AvgIpc) is 3.03. The van der Waals surface area contributed by atoms with Crippen molar-refractivity contribution < 1.29 is 4.79 Å². The average molecular weight is 450 g/mol. The molecule has 0 radical (unpaired) electrons. The molecule has 0 saturated heterocycles. The van der Waals surface area contributed by atoms with Crippen LogP contribution in [0.2, 0.25) is 5.28 Å². The lowest BCUT2D eigenvalue weighted by molar-refractivity contribution is -0.150. The molecule has 27 heavy (non-hydrogen) atoms. The van der Waals surface area contributed by atoms with Gasteiger partial charge in [-0.2, -0.15) is 0 Å². The van der Waals surface area contributed by atoms with Crippen molar-refractivity contribution in [3.63, 3.8) is 0 Å². The van der Waals surface area contributed by atoms with E-state index in [2.05, 4.69) is 31.3 Å². The molecule has 1 amide bonds. The largest absolute Gasteiger partial charge is 0.325 e. The van der Waals surface area contributed by atoms with E-state index in [1.165, 1.54) is 6.42 Å². The first-order chi connectivity index (χ1) is 12.9. The van der Waals surface area contributed by atoms with Crippen LogP contribution in [0.5, 0.6) is 0 Å². The molecule has 1 heterocycles. The molecule has 1 aromatic heterocycles. The molecule has 1 aromatic carbocycles. The van der Waals surface area contributed by atoms with E-state index in [0.29, 0.717) is 11.8 Å². The molecule has 6 rings (SSSR count). The van der Waals surface area contributed by atoms with Crippen molar-refractivity contribution in [3.05, 3.63) is 39.8 Å². The second-order valence-electron chi connectivity index (χ2n) is 8.84. The van der Waals surface area contributed by atoms with E-state index < -0.39 is 0 Å². The summed E-state index contributed by atoms with van der Waals surface area (Å²) in [4.78, 5) is 17.6. The van der Waals surface area contributed by atoms with Crippen molar-refractivity contribution in [3.8, 4) is 0 Å². The van der Waals surface area contributed by atoms with Gasteiger partial charge >= 0.3 is 0 Å². The number of hydrogen-bond donors (Lipinski definition) is 1. The number of aryl methyl sites for hydroxylation is 1. The summed E-state index contributed by atoms with van der Waals surface area (Å²) in [6, 6.07) is 5.99. The predicted molar refractivity (Wildman–Crippen MR) is 108 cm³/mol. The Labute approximate surface area is 172 Å². The van der Waals surface area contributed by atoms with Crippen molar-refractivity contribution >= 4 is 39.1 Å². The van der Waals surface area contributed by atoms with Gasteiger partial charge in [-0.15, -0.1) is 5.10 Å². The summed E-state index contributed by atoms with van der Waals surface area (Å²) in [5.74, 6) is 1.31. The Morgan fingerprint density at radius 3 is 2.67 bits per heavy atom. The molecule has 2 atom stereocenters. The maximum atomic E-state index is 13.5. The molecule has 4 aliphatic rings. The standard InChI is InChI=1S/C20H22BrClN4O/c1-12-4-15(21)2-3-16(12)24-17(27)19-6-13-5-14(7-19)9-20(8-13,10-19)26-11-23-18(22)25-26/h2-4,11,13-14H,5-10H2,1H3,(H,24,27). The van der Waals surface area contributed by atoms with E-state index in [9.17, 15) is 4.79 Å². The fourth-order valence-electron chi connectivity index (χ4n) is 6.24. The van der Waals surface area contributed by atoms with Crippen LogP contribution < -0.4 is 5.32 Å². The molecule has 7 heteroatoms. The number of hydrogen-bond acceptors (Lipinski definition) is 3. The van der Waals surface area contributed by atoms with Crippen LogP contribution in [0.3, 0.4) is 0 Å². The number of anilines is 1. The van der Waals surface area contributed by atoms with Gasteiger partial charge in [0.05, 0.1) is 11.0 Å². The lowest BCUT2D eigenvalue weighted by Crippen LogP contribution is -2.60. The number of amides is 1. The topological polar surface area (TPSA) is 59.8 Å². The van der Waals surface area contributed by atoms with Crippen LogP contribution in [0.4, 0.5) is 5.69 Å². The molecule has 4 bridgehead atoms. The minimum atomic E-state index is -0.317. The third-order valence-electron chi connectivity index (χ3n) is 6.90. The number of rotatable bonds is 3. The van der Waals surface area contributed by atoms with Crippen molar-refractivity contribution in [2.24, 2.45) is 17.3 Å². The fourth-order valence-corrected chi connectivity index (χ4v) is 6.84. The third kappa shape index (κ3) is 2.83. The van der Waals surface area contributed by atoms with Crippen molar-refractivity contribution in [2.75, 3.05) is 5.32 Å². The van der Waals surface area contributed by atoms with Crippen LogP contribution in [0.15, 0.2) is 29.0 Å². The maximum absolute atomic E-state index is 13.5. The number of carbonyl (C=O) groups is 1. The Hall–Kier alpha value is -1.40. The minimum absolute atomic E-state index is 0.115. The summed E-state index contributed by atoms with van der Waals surface area (Å²) in [5, 5.41) is 7.96. The summed E-state index contributed by atoms with van der Waals surface area (Å²) >= 11 is 9.50. The Morgan fingerprint density at radius 2 is 2.04 bits per heavy atom. The molecular weight excluding hydrogens is 428 g/mol. The second-order valence-corrected chi connectivity index (χ2v) is 10.1. The van der Waals surface area contributed by atoms with E-state index in [1.54, 1.807) is 6.33 Å². The molecule has 4 saturated carbocycles. The number of nitrogens with one attached hydrogen (secondary N) is 1. The number of carbonyl (C=O) groups excluding carboxylic acids is 1. The maximum Gasteiger partial charge on any atom is 0.242 e. The zero-order valence-corrected chi connectivity index (χ0v) is 17.6. The van der Waals surface area contributed by atoms with Gasteiger partial charge in [-0.25, -0.2) is 9.67 Å². The first-order valence-corrected chi connectivity index (χ1v) is 10.7. The Bertz CT molecular complexity index is 912.